The molecule has 0 radical (unpaired) electrons. The van der Waals surface area contributed by atoms with E-state index in [2.05, 4.69) is 6.92 Å². The van der Waals surface area contributed by atoms with Gasteiger partial charge in [-0.05, 0) is 43.9 Å². The van der Waals surface area contributed by atoms with Crippen LogP contribution in [-0.4, -0.2) is 18.4 Å². The summed E-state index contributed by atoms with van der Waals surface area (Å²) in [7, 11) is 0. The van der Waals surface area contributed by atoms with Crippen molar-refractivity contribution in [2.24, 2.45) is 11.7 Å². The van der Waals surface area contributed by atoms with Gasteiger partial charge in [-0.25, -0.2) is 0 Å². The number of hydrogen-bond donors (Lipinski definition) is 2. The number of nitrogen functional groups attached to an aromatic ring is 1. The lowest BCUT2D eigenvalue weighted by Crippen LogP contribution is -2.41. The van der Waals surface area contributed by atoms with Crippen molar-refractivity contribution in [1.29, 1.82) is 5.41 Å². The standard InChI is InChI=1S/C15H20F3N3/c1-9-3-4-10(2)21(8-9)11-5-6-12(14(19)20)13(7-11)15(16,17)18/h5-7,9-10H,3-4,8H2,1-2H3,(H3,19,20). The number of amidine groups is 1. The molecule has 0 aromatic heterocycles. The largest absolute Gasteiger partial charge is 0.417 e. The Morgan fingerprint density at radius 1 is 1.29 bits per heavy atom. The third kappa shape index (κ3) is 3.31. The first kappa shape index (κ1) is 15.7. The summed E-state index contributed by atoms with van der Waals surface area (Å²) in [6, 6.07) is 4.25. The lowest BCUT2D eigenvalue weighted by Gasteiger charge is -2.39. The van der Waals surface area contributed by atoms with E-state index in [4.69, 9.17) is 11.1 Å². The molecular formula is C15H20F3N3. The molecule has 3 N–H and O–H groups in total. The van der Waals surface area contributed by atoms with Crippen molar-refractivity contribution < 1.29 is 13.2 Å². The van der Waals surface area contributed by atoms with Gasteiger partial charge in [0, 0.05) is 23.8 Å². The fourth-order valence-electron chi connectivity index (χ4n) is 2.83. The maximum absolute atomic E-state index is 13.2. The molecule has 0 spiro atoms. The van der Waals surface area contributed by atoms with Gasteiger partial charge in [0.05, 0.1) is 5.56 Å². The summed E-state index contributed by atoms with van der Waals surface area (Å²) in [5, 5.41) is 7.31. The molecule has 1 aromatic rings. The van der Waals surface area contributed by atoms with Gasteiger partial charge in [0.2, 0.25) is 0 Å². The summed E-state index contributed by atoms with van der Waals surface area (Å²) in [5.41, 5.74) is 4.71. The fourth-order valence-corrected chi connectivity index (χ4v) is 2.83. The van der Waals surface area contributed by atoms with E-state index in [1.54, 1.807) is 6.07 Å². The SMILES string of the molecule is CC1CCC(C)N(c2ccc(C(=N)N)c(C(F)(F)F)c2)C1. The van der Waals surface area contributed by atoms with Gasteiger partial charge in [0.1, 0.15) is 5.84 Å². The molecule has 3 nitrogen and oxygen atoms in total. The van der Waals surface area contributed by atoms with Crippen LogP contribution in [0.3, 0.4) is 0 Å². The zero-order chi connectivity index (χ0) is 15.8. The summed E-state index contributed by atoms with van der Waals surface area (Å²) in [5.74, 6) is -0.100. The van der Waals surface area contributed by atoms with Crippen molar-refractivity contribution >= 4 is 11.5 Å². The van der Waals surface area contributed by atoms with Gasteiger partial charge in [0.15, 0.2) is 0 Å². The van der Waals surface area contributed by atoms with Crippen LogP contribution in [0.15, 0.2) is 18.2 Å². The van der Waals surface area contributed by atoms with Gasteiger partial charge in [-0.3, -0.25) is 5.41 Å². The van der Waals surface area contributed by atoms with Gasteiger partial charge in [0.25, 0.3) is 0 Å². The zero-order valence-electron chi connectivity index (χ0n) is 12.2. The molecule has 2 unspecified atom stereocenters. The Bertz CT molecular complexity index is 539. The first-order valence-corrected chi connectivity index (χ1v) is 7.02. The van der Waals surface area contributed by atoms with E-state index in [1.807, 2.05) is 11.8 Å². The quantitative estimate of drug-likeness (QED) is 0.647. The zero-order valence-corrected chi connectivity index (χ0v) is 12.2. The molecule has 0 bridgehead atoms. The second kappa shape index (κ2) is 5.58. The molecule has 21 heavy (non-hydrogen) atoms. The molecule has 116 valence electrons. The smallest absolute Gasteiger partial charge is 0.384 e. The third-order valence-electron chi connectivity index (χ3n) is 4.05. The molecule has 1 saturated heterocycles. The van der Waals surface area contributed by atoms with Crippen molar-refractivity contribution in [2.75, 3.05) is 11.4 Å². The average Bonchev–Trinajstić information content (AvgIpc) is 2.40. The molecule has 0 amide bonds. The van der Waals surface area contributed by atoms with Gasteiger partial charge in [-0.2, -0.15) is 13.2 Å². The van der Waals surface area contributed by atoms with Crippen LogP contribution in [0.2, 0.25) is 0 Å². The van der Waals surface area contributed by atoms with Crippen molar-refractivity contribution in [3.8, 4) is 0 Å². The number of nitrogens with one attached hydrogen (secondary N) is 1. The number of nitrogens with two attached hydrogens (primary N) is 1. The van der Waals surface area contributed by atoms with E-state index in [9.17, 15) is 13.2 Å². The molecule has 1 heterocycles. The van der Waals surface area contributed by atoms with E-state index < -0.39 is 17.6 Å². The van der Waals surface area contributed by atoms with Crippen LogP contribution < -0.4 is 10.6 Å². The highest BCUT2D eigenvalue weighted by Gasteiger charge is 2.35. The number of halogens is 3. The number of anilines is 1. The highest BCUT2D eigenvalue weighted by atomic mass is 19.4. The number of alkyl halides is 3. The Balaban J connectivity index is 2.44. The topological polar surface area (TPSA) is 53.1 Å². The molecule has 1 aliphatic heterocycles. The van der Waals surface area contributed by atoms with Crippen LogP contribution in [0.1, 0.15) is 37.8 Å². The van der Waals surface area contributed by atoms with Gasteiger partial charge in [-0.15, -0.1) is 0 Å². The van der Waals surface area contributed by atoms with Gasteiger partial charge in [-0.1, -0.05) is 6.92 Å². The van der Waals surface area contributed by atoms with Crippen LogP contribution in [0.25, 0.3) is 0 Å². The van der Waals surface area contributed by atoms with E-state index >= 15 is 0 Å². The van der Waals surface area contributed by atoms with Crippen molar-refractivity contribution in [1.82, 2.24) is 0 Å². The highest BCUT2D eigenvalue weighted by molar-refractivity contribution is 5.97. The van der Waals surface area contributed by atoms with E-state index in [0.717, 1.165) is 25.5 Å². The maximum Gasteiger partial charge on any atom is 0.417 e. The molecule has 1 aromatic carbocycles. The lowest BCUT2D eigenvalue weighted by molar-refractivity contribution is -0.137. The van der Waals surface area contributed by atoms with Crippen LogP contribution in [0.4, 0.5) is 18.9 Å². The highest BCUT2D eigenvalue weighted by Crippen LogP contribution is 2.36. The normalized spacial score (nSPS) is 23.2. The monoisotopic (exact) mass is 299 g/mol. The molecule has 0 aliphatic carbocycles. The van der Waals surface area contributed by atoms with E-state index in [-0.39, 0.29) is 11.6 Å². The van der Waals surface area contributed by atoms with Crippen LogP contribution in [0.5, 0.6) is 0 Å². The van der Waals surface area contributed by atoms with Crippen molar-refractivity contribution in [2.45, 2.75) is 38.9 Å². The second-order valence-corrected chi connectivity index (χ2v) is 5.83. The van der Waals surface area contributed by atoms with Crippen LogP contribution >= 0.6 is 0 Å². The summed E-state index contributed by atoms with van der Waals surface area (Å²) in [6.07, 6.45) is -2.45. The third-order valence-corrected chi connectivity index (χ3v) is 4.05. The van der Waals surface area contributed by atoms with Crippen LogP contribution in [0, 0.1) is 11.3 Å². The Morgan fingerprint density at radius 2 is 1.95 bits per heavy atom. The number of rotatable bonds is 2. The maximum atomic E-state index is 13.2. The number of benzene rings is 1. The van der Waals surface area contributed by atoms with Gasteiger partial charge < -0.3 is 10.6 Å². The summed E-state index contributed by atoms with van der Waals surface area (Å²) in [6.45, 7) is 4.88. The number of hydrogen-bond acceptors (Lipinski definition) is 2. The first-order valence-electron chi connectivity index (χ1n) is 7.02. The molecule has 2 rings (SSSR count). The first-order chi connectivity index (χ1) is 9.70. The summed E-state index contributed by atoms with van der Waals surface area (Å²) >= 11 is 0. The number of piperidine rings is 1. The average molecular weight is 299 g/mol. The fraction of sp³-hybridized carbons (Fsp3) is 0.533. The number of nitrogens with zero attached hydrogens (tertiary/aromatic N) is 1. The molecule has 0 saturated carbocycles. The van der Waals surface area contributed by atoms with Crippen molar-refractivity contribution in [3.63, 3.8) is 0 Å². The second-order valence-electron chi connectivity index (χ2n) is 5.83. The van der Waals surface area contributed by atoms with Gasteiger partial charge >= 0.3 is 6.18 Å². The minimum absolute atomic E-state index is 0.213. The minimum atomic E-state index is -4.51. The Hall–Kier alpha value is -1.72. The molecular weight excluding hydrogens is 279 g/mol. The minimum Gasteiger partial charge on any atom is -0.384 e. The summed E-state index contributed by atoms with van der Waals surface area (Å²) in [4.78, 5) is 2.01. The summed E-state index contributed by atoms with van der Waals surface area (Å²) < 4.78 is 39.5. The predicted octanol–water partition coefficient (Wildman–Crippen LogP) is 3.61. The Kier molecular flexibility index (Phi) is 4.16. The van der Waals surface area contributed by atoms with Crippen molar-refractivity contribution in [3.05, 3.63) is 29.3 Å². The van der Waals surface area contributed by atoms with E-state index in [0.29, 0.717) is 11.6 Å². The Morgan fingerprint density at radius 3 is 2.52 bits per heavy atom. The molecule has 1 aliphatic rings. The molecule has 6 heteroatoms. The predicted molar refractivity (Wildman–Crippen MR) is 77.7 cm³/mol. The molecule has 2 atom stereocenters. The van der Waals surface area contributed by atoms with Crippen LogP contribution in [-0.2, 0) is 6.18 Å². The van der Waals surface area contributed by atoms with E-state index in [1.165, 1.54) is 6.07 Å². The molecule has 1 fully saturated rings. The lowest BCUT2D eigenvalue weighted by atomic mass is 9.94. The Labute approximate surface area is 122 Å².